The Morgan fingerprint density at radius 3 is 2.04 bits per heavy atom. The molecule has 3 heteroatoms. The minimum absolute atomic E-state index is 0.537. The summed E-state index contributed by atoms with van der Waals surface area (Å²) in [5.74, 6) is 4.34. The van der Waals surface area contributed by atoms with Crippen LogP contribution in [0.3, 0.4) is 0 Å². The lowest BCUT2D eigenvalue weighted by molar-refractivity contribution is -0.413. The lowest BCUT2D eigenvalue weighted by Gasteiger charge is -2.90. The number of hydrogen-bond donors (Lipinski definition) is 0. The molecule has 9 saturated carbocycles. The number of hydrogen-bond acceptors (Lipinski definition) is 1. The third-order valence-corrected chi connectivity index (χ3v) is 16.9. The van der Waals surface area contributed by atoms with E-state index >= 15 is 0 Å². The maximum absolute atomic E-state index is 6.78. The first-order chi connectivity index (χ1) is 13.0. The molecule has 9 aliphatic rings. The molecule has 8 bridgehead atoms. The first-order valence-corrected chi connectivity index (χ1v) is 18.0. The quantitative estimate of drug-likeness (QED) is 0.448. The highest BCUT2D eigenvalue weighted by molar-refractivity contribution is 6.89. The summed E-state index contributed by atoms with van der Waals surface area (Å²) in [5, 5.41) is 0. The molecule has 154 valence electrons. The zero-order valence-electron chi connectivity index (χ0n) is 19.0. The van der Waals surface area contributed by atoms with Gasteiger partial charge in [-0.1, -0.05) is 30.5 Å². The van der Waals surface area contributed by atoms with Gasteiger partial charge in [0.15, 0.2) is 16.6 Å². The largest absolute Gasteiger partial charge is 0.449 e. The van der Waals surface area contributed by atoms with E-state index in [1.165, 1.54) is 19.3 Å². The second-order valence-electron chi connectivity index (χ2n) is 13.6. The molecule has 0 aromatic heterocycles. The molecular weight excluding hydrogens is 372 g/mol. The van der Waals surface area contributed by atoms with Crippen molar-refractivity contribution < 1.29 is 4.12 Å². The van der Waals surface area contributed by atoms with Gasteiger partial charge in [0.2, 0.25) is 0 Å². The first-order valence-electron chi connectivity index (χ1n) is 12.0. The number of rotatable bonds is 5. The highest BCUT2D eigenvalue weighted by atomic mass is 28.4. The Labute approximate surface area is 174 Å². The van der Waals surface area contributed by atoms with E-state index in [9.17, 15) is 0 Å². The minimum Gasteiger partial charge on any atom is -0.449 e. The van der Waals surface area contributed by atoms with Crippen molar-refractivity contribution in [2.45, 2.75) is 85.0 Å². The molecule has 28 heavy (non-hydrogen) atoms. The van der Waals surface area contributed by atoms with Gasteiger partial charge in [0.1, 0.15) is 0 Å². The Morgan fingerprint density at radius 2 is 1.43 bits per heavy atom. The second-order valence-corrected chi connectivity index (χ2v) is 21.5. The summed E-state index contributed by atoms with van der Waals surface area (Å²) in [6, 6.07) is 0. The molecule has 2 spiro atoms. The van der Waals surface area contributed by atoms with Gasteiger partial charge in [-0.3, -0.25) is 0 Å². The van der Waals surface area contributed by atoms with E-state index in [-0.39, 0.29) is 0 Å². The van der Waals surface area contributed by atoms with E-state index in [1.807, 2.05) is 0 Å². The Balaban J connectivity index is 1.28. The summed E-state index contributed by atoms with van der Waals surface area (Å²) in [4.78, 5) is 0. The molecule has 9 rings (SSSR count). The van der Waals surface area contributed by atoms with E-state index < -0.39 is 16.6 Å². The predicted octanol–water partition coefficient (Wildman–Crippen LogP) is 6.87. The van der Waals surface area contributed by atoms with Crippen LogP contribution in [0.1, 0.15) is 58.8 Å². The van der Waals surface area contributed by atoms with Crippen LogP contribution in [-0.4, -0.2) is 16.6 Å². The van der Waals surface area contributed by atoms with Gasteiger partial charge in [-0.15, -0.1) is 0 Å². The van der Waals surface area contributed by atoms with Gasteiger partial charge in [-0.05, 0) is 123 Å². The molecule has 0 aliphatic heterocycles. The van der Waals surface area contributed by atoms with E-state index in [0.29, 0.717) is 5.41 Å². The van der Waals surface area contributed by atoms with Crippen molar-refractivity contribution in [3.8, 4) is 0 Å². The molecule has 4 unspecified atom stereocenters. The Kier molecular flexibility index (Phi) is 3.34. The van der Waals surface area contributed by atoms with Gasteiger partial charge in [0.05, 0.1) is 0 Å². The van der Waals surface area contributed by atoms with Crippen molar-refractivity contribution in [1.29, 1.82) is 0 Å². The van der Waals surface area contributed by atoms with Crippen LogP contribution in [0.4, 0.5) is 0 Å². The van der Waals surface area contributed by atoms with Crippen molar-refractivity contribution in [3.63, 3.8) is 0 Å². The fraction of sp³-hybridized carbons (Fsp3) is 0.840. The van der Waals surface area contributed by atoms with Crippen molar-refractivity contribution in [2.75, 3.05) is 0 Å². The molecule has 0 N–H and O–H groups in total. The summed E-state index contributed by atoms with van der Waals surface area (Å²) < 4.78 is 6.78. The van der Waals surface area contributed by atoms with Crippen LogP contribution in [0.25, 0.3) is 0 Å². The van der Waals surface area contributed by atoms with Crippen LogP contribution < -0.4 is 0 Å². The summed E-state index contributed by atoms with van der Waals surface area (Å²) >= 11 is 0. The predicted molar refractivity (Wildman–Crippen MR) is 122 cm³/mol. The van der Waals surface area contributed by atoms with Crippen LogP contribution >= 0.6 is 0 Å². The van der Waals surface area contributed by atoms with Crippen LogP contribution in [-0.2, 0) is 4.12 Å². The zero-order chi connectivity index (χ0) is 19.8. The SMILES string of the molecule is C/C=C/[Si](C)(C)O[Si](C)(C)/C=C/C12CC3C4CC5(C)CC36CC(C5)(C4C1)C6C2. The molecule has 0 amide bonds. The zero-order valence-corrected chi connectivity index (χ0v) is 21.0. The molecule has 0 heterocycles. The third kappa shape index (κ3) is 2.12. The van der Waals surface area contributed by atoms with Gasteiger partial charge in [-0.2, -0.15) is 0 Å². The monoisotopic (exact) mass is 412 g/mol. The number of allylic oxidation sites excluding steroid dienone is 2. The summed E-state index contributed by atoms with van der Waals surface area (Å²) in [6.07, 6.45) is 15.9. The Bertz CT molecular complexity index is 744. The van der Waals surface area contributed by atoms with Crippen LogP contribution in [0, 0.1) is 45.3 Å². The van der Waals surface area contributed by atoms with Crippen LogP contribution in [0.15, 0.2) is 23.6 Å². The van der Waals surface area contributed by atoms with Gasteiger partial charge in [0, 0.05) is 0 Å². The third-order valence-electron chi connectivity index (χ3n) is 10.6. The van der Waals surface area contributed by atoms with Gasteiger partial charge < -0.3 is 4.12 Å². The van der Waals surface area contributed by atoms with E-state index in [4.69, 9.17) is 4.12 Å². The molecule has 0 aromatic rings. The average Bonchev–Trinajstić information content (AvgIpc) is 2.55. The van der Waals surface area contributed by atoms with Crippen molar-refractivity contribution in [1.82, 2.24) is 0 Å². The van der Waals surface area contributed by atoms with E-state index in [2.05, 4.69) is 63.6 Å². The lowest BCUT2D eigenvalue weighted by atomic mass is 9.14. The second kappa shape index (κ2) is 5.02. The lowest BCUT2D eigenvalue weighted by Crippen LogP contribution is -2.83. The average molecular weight is 413 g/mol. The molecule has 0 saturated heterocycles. The van der Waals surface area contributed by atoms with Crippen molar-refractivity contribution >= 4 is 16.6 Å². The maximum Gasteiger partial charge on any atom is 0.198 e. The highest BCUT2D eigenvalue weighted by Crippen LogP contribution is 2.93. The maximum atomic E-state index is 6.78. The molecule has 4 atom stereocenters. The van der Waals surface area contributed by atoms with Gasteiger partial charge in [-0.25, -0.2) is 0 Å². The fourth-order valence-electron chi connectivity index (χ4n) is 10.9. The summed E-state index contributed by atoms with van der Waals surface area (Å²) in [7, 11) is -3.43. The molecule has 0 radical (unpaired) electrons. The molecule has 9 fully saturated rings. The summed E-state index contributed by atoms with van der Waals surface area (Å²) in [6.45, 7) is 14.3. The Hall–Kier alpha value is -0.126. The first kappa shape index (κ1) is 18.6. The van der Waals surface area contributed by atoms with E-state index in [1.54, 1.807) is 25.7 Å². The smallest absolute Gasteiger partial charge is 0.198 e. The molecule has 0 aromatic carbocycles. The molecular formula is C25H40OSi2. The van der Waals surface area contributed by atoms with Crippen LogP contribution in [0.5, 0.6) is 0 Å². The molecule has 9 aliphatic carbocycles. The normalized spacial score (nSPS) is 55.6. The molecule has 1 nitrogen and oxygen atoms in total. The fourth-order valence-corrected chi connectivity index (χ4v) is 18.4. The minimum atomic E-state index is -1.76. The summed E-state index contributed by atoms with van der Waals surface area (Å²) in [5.41, 5.74) is 7.82. The van der Waals surface area contributed by atoms with E-state index in [0.717, 1.165) is 39.9 Å². The van der Waals surface area contributed by atoms with Crippen molar-refractivity contribution in [3.05, 3.63) is 23.6 Å². The Morgan fingerprint density at radius 1 is 0.821 bits per heavy atom. The van der Waals surface area contributed by atoms with Gasteiger partial charge >= 0.3 is 0 Å². The van der Waals surface area contributed by atoms with Crippen molar-refractivity contribution in [2.24, 2.45) is 45.3 Å². The van der Waals surface area contributed by atoms with Crippen LogP contribution in [0.2, 0.25) is 26.2 Å². The van der Waals surface area contributed by atoms with Gasteiger partial charge in [0.25, 0.3) is 0 Å². The highest BCUT2D eigenvalue weighted by Gasteiger charge is 2.85. The standard InChI is InChI=1S/C25H40OSi2/c1-7-9-27(3,4)26-28(5,6)10-8-23-12-19-18-11-22(2)15-24(19)17-25(16-22,20(18)13-23)21(24)14-23/h7-10,18-21H,11-17H2,1-6H3/b9-7+,10-8+. The topological polar surface area (TPSA) is 9.23 Å².